The summed E-state index contributed by atoms with van der Waals surface area (Å²) in [7, 11) is 0. The Morgan fingerprint density at radius 1 is 0.950 bits per heavy atom. The Balaban J connectivity index is 2.07. The van der Waals surface area contributed by atoms with Crippen molar-refractivity contribution in [3.8, 4) is 0 Å². The maximum Gasteiger partial charge on any atom is 0.127 e. The summed E-state index contributed by atoms with van der Waals surface area (Å²) in [5.41, 5.74) is 1.59. The molecule has 0 fully saturated rings. The van der Waals surface area contributed by atoms with Crippen molar-refractivity contribution in [2.75, 3.05) is 5.88 Å². The van der Waals surface area contributed by atoms with Crippen molar-refractivity contribution < 1.29 is 8.78 Å². The fourth-order valence-electron chi connectivity index (χ4n) is 2.13. The molecule has 0 amide bonds. The Morgan fingerprint density at radius 2 is 1.65 bits per heavy atom. The van der Waals surface area contributed by atoms with Gasteiger partial charge in [-0.2, -0.15) is 0 Å². The number of benzene rings is 2. The number of halogens is 4. The van der Waals surface area contributed by atoms with E-state index in [0.29, 0.717) is 29.3 Å². The quantitative estimate of drug-likeness (QED) is 0.660. The molecule has 4 heteroatoms. The smallest absolute Gasteiger partial charge is 0.127 e. The van der Waals surface area contributed by atoms with E-state index in [2.05, 4.69) is 0 Å². The number of alkyl halides is 1. The Kier molecular flexibility index (Phi) is 5.38. The van der Waals surface area contributed by atoms with Crippen molar-refractivity contribution in [3.05, 3.63) is 70.2 Å². The van der Waals surface area contributed by atoms with Crippen LogP contribution >= 0.6 is 23.2 Å². The predicted octanol–water partition coefficient (Wildman–Crippen LogP) is 5.26. The fraction of sp³-hybridized carbons (Fsp3) is 0.250. The van der Waals surface area contributed by atoms with Crippen LogP contribution in [-0.4, -0.2) is 5.88 Å². The molecular formula is C16H14Cl2F2. The lowest BCUT2D eigenvalue weighted by atomic mass is 9.94. The van der Waals surface area contributed by atoms with Crippen molar-refractivity contribution in [3.63, 3.8) is 0 Å². The van der Waals surface area contributed by atoms with Crippen LogP contribution in [0.1, 0.15) is 11.1 Å². The molecule has 1 unspecified atom stereocenters. The second-order valence-corrected chi connectivity index (χ2v) is 5.54. The van der Waals surface area contributed by atoms with Gasteiger partial charge in [0.1, 0.15) is 11.6 Å². The van der Waals surface area contributed by atoms with Gasteiger partial charge in [0.2, 0.25) is 0 Å². The van der Waals surface area contributed by atoms with E-state index in [0.717, 1.165) is 5.56 Å². The highest BCUT2D eigenvalue weighted by molar-refractivity contribution is 6.30. The molecule has 1 atom stereocenters. The summed E-state index contributed by atoms with van der Waals surface area (Å²) >= 11 is 11.7. The maximum atomic E-state index is 13.8. The molecule has 106 valence electrons. The largest absolute Gasteiger partial charge is 0.207 e. The summed E-state index contributed by atoms with van der Waals surface area (Å²) in [6.07, 6.45) is 1.22. The van der Waals surface area contributed by atoms with E-state index in [9.17, 15) is 8.78 Å². The zero-order valence-corrected chi connectivity index (χ0v) is 12.3. The van der Waals surface area contributed by atoms with Crippen LogP contribution in [0.4, 0.5) is 8.78 Å². The predicted molar refractivity (Wildman–Crippen MR) is 79.4 cm³/mol. The Hall–Kier alpha value is -1.12. The number of rotatable bonds is 5. The van der Waals surface area contributed by atoms with Gasteiger partial charge in [0, 0.05) is 10.9 Å². The van der Waals surface area contributed by atoms with Crippen LogP contribution < -0.4 is 0 Å². The molecule has 2 aromatic carbocycles. The van der Waals surface area contributed by atoms with Gasteiger partial charge in [0.05, 0.1) is 0 Å². The van der Waals surface area contributed by atoms with Crippen molar-refractivity contribution >= 4 is 23.2 Å². The van der Waals surface area contributed by atoms with E-state index in [1.54, 1.807) is 24.3 Å². The van der Waals surface area contributed by atoms with Gasteiger partial charge in [-0.25, -0.2) is 8.78 Å². The third kappa shape index (κ3) is 4.19. The second-order valence-electron chi connectivity index (χ2n) is 4.79. The molecule has 0 heterocycles. The lowest BCUT2D eigenvalue weighted by Gasteiger charge is -2.14. The second kappa shape index (κ2) is 7.05. The molecule has 0 aliphatic rings. The van der Waals surface area contributed by atoms with Crippen LogP contribution in [0.15, 0.2) is 42.5 Å². The van der Waals surface area contributed by atoms with Crippen LogP contribution in [0.5, 0.6) is 0 Å². The van der Waals surface area contributed by atoms with Gasteiger partial charge < -0.3 is 0 Å². The minimum absolute atomic E-state index is 0.0952. The Labute approximate surface area is 127 Å². The monoisotopic (exact) mass is 314 g/mol. The van der Waals surface area contributed by atoms with Crippen LogP contribution in [0, 0.1) is 17.6 Å². The molecule has 0 aliphatic heterocycles. The fourth-order valence-corrected chi connectivity index (χ4v) is 2.51. The Morgan fingerprint density at radius 3 is 2.25 bits per heavy atom. The average molecular weight is 315 g/mol. The summed E-state index contributed by atoms with van der Waals surface area (Å²) in [6, 6.07) is 11.0. The van der Waals surface area contributed by atoms with E-state index < -0.39 is 0 Å². The van der Waals surface area contributed by atoms with Crippen molar-refractivity contribution in [1.82, 2.24) is 0 Å². The molecule has 0 aliphatic carbocycles. The SMILES string of the molecule is Fc1ccc(CC(CCl)Cc2ccc(Cl)cc2F)cc1. The first-order valence-corrected chi connectivity index (χ1v) is 7.24. The first kappa shape index (κ1) is 15.3. The molecule has 0 aromatic heterocycles. The zero-order chi connectivity index (χ0) is 14.5. The first-order chi connectivity index (χ1) is 9.58. The highest BCUT2D eigenvalue weighted by Crippen LogP contribution is 2.21. The maximum absolute atomic E-state index is 13.8. The van der Waals surface area contributed by atoms with Crippen LogP contribution in [0.25, 0.3) is 0 Å². The molecule has 0 saturated carbocycles. The third-order valence-electron chi connectivity index (χ3n) is 3.18. The van der Waals surface area contributed by atoms with Crippen LogP contribution in [-0.2, 0) is 12.8 Å². The lowest BCUT2D eigenvalue weighted by Crippen LogP contribution is -2.11. The van der Waals surface area contributed by atoms with Crippen LogP contribution in [0.3, 0.4) is 0 Å². The van der Waals surface area contributed by atoms with Gasteiger partial charge in [0.25, 0.3) is 0 Å². The molecule has 0 saturated heterocycles. The minimum Gasteiger partial charge on any atom is -0.207 e. The van der Waals surface area contributed by atoms with Gasteiger partial charge in [-0.3, -0.25) is 0 Å². The van der Waals surface area contributed by atoms with Gasteiger partial charge in [-0.05, 0) is 54.2 Å². The molecule has 0 radical (unpaired) electrons. The molecule has 0 bridgehead atoms. The standard InChI is InChI=1S/C16H14Cl2F2/c17-10-12(7-11-1-5-15(19)6-2-11)8-13-3-4-14(18)9-16(13)20/h1-6,9,12H,7-8,10H2. The van der Waals surface area contributed by atoms with E-state index in [-0.39, 0.29) is 17.6 Å². The van der Waals surface area contributed by atoms with E-state index in [1.165, 1.54) is 18.2 Å². The summed E-state index contributed by atoms with van der Waals surface area (Å²) in [5.74, 6) is -0.0659. The minimum atomic E-state index is -0.313. The summed E-state index contributed by atoms with van der Waals surface area (Å²) in [6.45, 7) is 0. The molecule has 2 aromatic rings. The van der Waals surface area contributed by atoms with Gasteiger partial charge in [-0.1, -0.05) is 29.8 Å². The lowest BCUT2D eigenvalue weighted by molar-refractivity contribution is 0.545. The van der Waals surface area contributed by atoms with Gasteiger partial charge >= 0.3 is 0 Å². The van der Waals surface area contributed by atoms with E-state index >= 15 is 0 Å². The molecule has 20 heavy (non-hydrogen) atoms. The summed E-state index contributed by atoms with van der Waals surface area (Å²) in [4.78, 5) is 0. The number of hydrogen-bond donors (Lipinski definition) is 0. The molecular weight excluding hydrogens is 301 g/mol. The average Bonchev–Trinajstić information content (AvgIpc) is 2.43. The summed E-state index contributed by atoms with van der Waals surface area (Å²) < 4.78 is 26.6. The first-order valence-electron chi connectivity index (χ1n) is 6.33. The highest BCUT2D eigenvalue weighted by atomic mass is 35.5. The van der Waals surface area contributed by atoms with Gasteiger partial charge in [0.15, 0.2) is 0 Å². The molecule has 0 spiro atoms. The summed E-state index contributed by atoms with van der Waals surface area (Å²) in [5, 5.41) is 0.382. The topological polar surface area (TPSA) is 0 Å². The normalized spacial score (nSPS) is 12.4. The van der Waals surface area contributed by atoms with Crippen LogP contribution in [0.2, 0.25) is 5.02 Å². The number of hydrogen-bond acceptors (Lipinski definition) is 0. The third-order valence-corrected chi connectivity index (χ3v) is 3.85. The Bertz CT molecular complexity index is 567. The van der Waals surface area contributed by atoms with Crippen molar-refractivity contribution in [2.45, 2.75) is 12.8 Å². The van der Waals surface area contributed by atoms with Crippen molar-refractivity contribution in [2.24, 2.45) is 5.92 Å². The van der Waals surface area contributed by atoms with E-state index in [4.69, 9.17) is 23.2 Å². The molecule has 0 nitrogen and oxygen atoms in total. The van der Waals surface area contributed by atoms with E-state index in [1.807, 2.05) is 0 Å². The van der Waals surface area contributed by atoms with Crippen molar-refractivity contribution in [1.29, 1.82) is 0 Å². The molecule has 2 rings (SSSR count). The molecule has 0 N–H and O–H groups in total. The van der Waals surface area contributed by atoms with Gasteiger partial charge in [-0.15, -0.1) is 11.6 Å². The zero-order valence-electron chi connectivity index (χ0n) is 10.8. The highest BCUT2D eigenvalue weighted by Gasteiger charge is 2.13.